The van der Waals surface area contributed by atoms with Gasteiger partial charge < -0.3 is 0 Å². The van der Waals surface area contributed by atoms with Crippen LogP contribution in [-0.2, 0) is 16.6 Å². The molecule has 2 rings (SSSR count). The summed E-state index contributed by atoms with van der Waals surface area (Å²) in [6.07, 6.45) is 0. The van der Waals surface area contributed by atoms with Crippen molar-refractivity contribution in [2.45, 2.75) is 10.6 Å². The summed E-state index contributed by atoms with van der Waals surface area (Å²) in [5, 5.41) is 11.2. The van der Waals surface area contributed by atoms with Gasteiger partial charge in [-0.3, -0.25) is 14.3 Å². The third-order valence-electron chi connectivity index (χ3n) is 2.58. The van der Waals surface area contributed by atoms with Crippen LogP contribution in [0.3, 0.4) is 0 Å². The van der Waals surface area contributed by atoms with Crippen LogP contribution >= 0.6 is 11.6 Å². The number of rotatable bonds is 4. The number of nitro groups is 1. The van der Waals surface area contributed by atoms with E-state index in [1.54, 1.807) is 0 Å². The molecular formula is C13H9ClFNO3S. The lowest BCUT2D eigenvalue weighted by molar-refractivity contribution is -0.385. The number of benzene rings is 2. The minimum Gasteiger partial charge on any atom is -0.258 e. The van der Waals surface area contributed by atoms with Gasteiger partial charge in [-0.25, -0.2) is 4.39 Å². The fraction of sp³-hybridized carbons (Fsp3) is 0.0769. The molecule has 0 saturated heterocycles. The van der Waals surface area contributed by atoms with Crippen molar-refractivity contribution in [1.29, 1.82) is 0 Å². The minimum atomic E-state index is -1.58. The molecule has 0 radical (unpaired) electrons. The van der Waals surface area contributed by atoms with Crippen molar-refractivity contribution in [3.63, 3.8) is 0 Å². The van der Waals surface area contributed by atoms with Crippen molar-refractivity contribution in [3.8, 4) is 0 Å². The zero-order valence-corrected chi connectivity index (χ0v) is 11.7. The molecule has 4 nitrogen and oxygen atoms in total. The largest absolute Gasteiger partial charge is 0.273 e. The van der Waals surface area contributed by atoms with E-state index in [1.807, 2.05) is 0 Å². The third-order valence-corrected chi connectivity index (χ3v) is 4.17. The molecule has 20 heavy (non-hydrogen) atoms. The SMILES string of the molecule is O=[N+]([O-])c1ccc(Cl)cc1CS(=O)c1cccc(F)c1. The highest BCUT2D eigenvalue weighted by Gasteiger charge is 2.17. The van der Waals surface area contributed by atoms with E-state index in [9.17, 15) is 18.7 Å². The van der Waals surface area contributed by atoms with Crippen LogP contribution in [0.25, 0.3) is 0 Å². The summed E-state index contributed by atoms with van der Waals surface area (Å²) < 4.78 is 25.2. The van der Waals surface area contributed by atoms with Crippen LogP contribution in [0, 0.1) is 15.9 Å². The van der Waals surface area contributed by atoms with Crippen LogP contribution in [0.5, 0.6) is 0 Å². The molecule has 0 fully saturated rings. The number of hydrogen-bond donors (Lipinski definition) is 0. The quantitative estimate of drug-likeness (QED) is 0.639. The van der Waals surface area contributed by atoms with Gasteiger partial charge in [-0.05, 0) is 30.3 Å². The molecule has 104 valence electrons. The Bertz CT molecular complexity index is 693. The van der Waals surface area contributed by atoms with Gasteiger partial charge in [0.2, 0.25) is 0 Å². The molecule has 0 amide bonds. The first-order valence-corrected chi connectivity index (χ1v) is 7.24. The fourth-order valence-electron chi connectivity index (χ4n) is 1.68. The van der Waals surface area contributed by atoms with Gasteiger partial charge in [-0.2, -0.15) is 0 Å². The Hall–Kier alpha value is -1.79. The highest BCUT2D eigenvalue weighted by Crippen LogP contribution is 2.25. The summed E-state index contributed by atoms with van der Waals surface area (Å²) in [5.41, 5.74) is 0.101. The lowest BCUT2D eigenvalue weighted by Crippen LogP contribution is -2.01. The molecule has 1 unspecified atom stereocenters. The third kappa shape index (κ3) is 3.40. The minimum absolute atomic E-state index is 0.0969. The molecule has 0 bridgehead atoms. The molecule has 0 heterocycles. The zero-order valence-electron chi connectivity index (χ0n) is 10.1. The van der Waals surface area contributed by atoms with Crippen LogP contribution in [-0.4, -0.2) is 9.13 Å². The second-order valence-electron chi connectivity index (χ2n) is 3.98. The van der Waals surface area contributed by atoms with Gasteiger partial charge in [0.15, 0.2) is 0 Å². The summed E-state index contributed by atoms with van der Waals surface area (Å²) in [4.78, 5) is 10.6. The molecular weight excluding hydrogens is 305 g/mol. The highest BCUT2D eigenvalue weighted by atomic mass is 35.5. The van der Waals surface area contributed by atoms with Crippen molar-refractivity contribution in [1.82, 2.24) is 0 Å². The lowest BCUT2D eigenvalue weighted by Gasteiger charge is -2.04. The average molecular weight is 314 g/mol. The molecule has 0 aliphatic carbocycles. The summed E-state index contributed by atoms with van der Waals surface area (Å²) in [6, 6.07) is 9.39. The normalized spacial score (nSPS) is 12.1. The molecule has 0 aliphatic heterocycles. The van der Waals surface area contributed by atoms with Gasteiger partial charge >= 0.3 is 0 Å². The van der Waals surface area contributed by atoms with Crippen LogP contribution in [0.4, 0.5) is 10.1 Å². The van der Waals surface area contributed by atoms with E-state index in [-0.39, 0.29) is 21.9 Å². The average Bonchev–Trinajstić information content (AvgIpc) is 2.38. The van der Waals surface area contributed by atoms with E-state index in [0.717, 1.165) is 6.07 Å². The van der Waals surface area contributed by atoms with Crippen molar-refractivity contribution >= 4 is 28.1 Å². The lowest BCUT2D eigenvalue weighted by atomic mass is 10.2. The Labute approximate surface area is 121 Å². The predicted molar refractivity (Wildman–Crippen MR) is 74.6 cm³/mol. The van der Waals surface area contributed by atoms with Gasteiger partial charge in [-0.15, -0.1) is 0 Å². The number of nitrogens with zero attached hydrogens (tertiary/aromatic N) is 1. The fourth-order valence-corrected chi connectivity index (χ4v) is 3.03. The van der Waals surface area contributed by atoms with Crippen LogP contribution in [0.2, 0.25) is 5.02 Å². The zero-order chi connectivity index (χ0) is 14.7. The van der Waals surface area contributed by atoms with E-state index < -0.39 is 21.5 Å². The van der Waals surface area contributed by atoms with Crippen LogP contribution in [0.1, 0.15) is 5.56 Å². The molecule has 7 heteroatoms. The summed E-state index contributed by atoms with van der Waals surface area (Å²) in [5.74, 6) is -0.600. The Kier molecular flexibility index (Phi) is 4.46. The first-order valence-electron chi connectivity index (χ1n) is 5.54. The molecule has 0 saturated carbocycles. The summed E-state index contributed by atoms with van der Waals surface area (Å²) in [6.45, 7) is 0. The summed E-state index contributed by atoms with van der Waals surface area (Å²) in [7, 11) is -1.58. The molecule has 2 aromatic rings. The molecule has 1 atom stereocenters. The maximum atomic E-state index is 13.1. The Morgan fingerprint density at radius 2 is 2.00 bits per heavy atom. The predicted octanol–water partition coefficient (Wildman–Crippen LogP) is 3.70. The topological polar surface area (TPSA) is 60.2 Å². The number of halogens is 2. The van der Waals surface area contributed by atoms with Gasteiger partial charge in [-0.1, -0.05) is 17.7 Å². The summed E-state index contributed by atoms with van der Waals surface area (Å²) >= 11 is 5.79. The Morgan fingerprint density at radius 1 is 1.25 bits per heavy atom. The first kappa shape index (κ1) is 14.6. The molecule has 0 spiro atoms. The van der Waals surface area contributed by atoms with Crippen LogP contribution in [0.15, 0.2) is 47.4 Å². The van der Waals surface area contributed by atoms with Crippen molar-refractivity contribution in [3.05, 3.63) is 69.0 Å². The maximum absolute atomic E-state index is 13.1. The van der Waals surface area contributed by atoms with Gasteiger partial charge in [0.05, 0.1) is 21.5 Å². The standard InChI is InChI=1S/C13H9ClFNO3S/c14-10-4-5-13(16(17)18)9(6-10)8-20(19)12-3-1-2-11(15)7-12/h1-7H,8H2. The van der Waals surface area contributed by atoms with Crippen molar-refractivity contribution in [2.75, 3.05) is 0 Å². The maximum Gasteiger partial charge on any atom is 0.273 e. The molecule has 0 aromatic heterocycles. The second kappa shape index (κ2) is 6.11. The Morgan fingerprint density at radius 3 is 2.65 bits per heavy atom. The van der Waals surface area contributed by atoms with E-state index in [2.05, 4.69) is 0 Å². The highest BCUT2D eigenvalue weighted by molar-refractivity contribution is 7.84. The molecule has 0 aliphatic rings. The molecule has 0 N–H and O–H groups in total. The van der Waals surface area contributed by atoms with Crippen molar-refractivity contribution in [2.24, 2.45) is 0 Å². The van der Waals surface area contributed by atoms with E-state index >= 15 is 0 Å². The van der Waals surface area contributed by atoms with E-state index in [1.165, 1.54) is 36.4 Å². The van der Waals surface area contributed by atoms with Gasteiger partial charge in [0.25, 0.3) is 5.69 Å². The van der Waals surface area contributed by atoms with Crippen LogP contribution < -0.4 is 0 Å². The smallest absolute Gasteiger partial charge is 0.258 e. The molecule has 2 aromatic carbocycles. The van der Waals surface area contributed by atoms with Crippen molar-refractivity contribution < 1.29 is 13.5 Å². The van der Waals surface area contributed by atoms with Gasteiger partial charge in [0, 0.05) is 21.5 Å². The first-order chi connectivity index (χ1) is 9.47. The van der Waals surface area contributed by atoms with Gasteiger partial charge in [0.1, 0.15) is 5.82 Å². The van der Waals surface area contributed by atoms with E-state index in [0.29, 0.717) is 5.02 Å². The van der Waals surface area contributed by atoms with E-state index in [4.69, 9.17) is 11.6 Å². The monoisotopic (exact) mass is 313 g/mol. The number of hydrogen-bond acceptors (Lipinski definition) is 3. The second-order valence-corrected chi connectivity index (χ2v) is 5.86. The Balaban J connectivity index is 2.32. The number of nitro benzene ring substituents is 1.